The summed E-state index contributed by atoms with van der Waals surface area (Å²) in [5, 5.41) is 9.05. The number of nitrogens with two attached hydrogens (primary N) is 1. The number of carboxylic acids is 1. The summed E-state index contributed by atoms with van der Waals surface area (Å²) in [5.41, 5.74) is 6.24. The van der Waals surface area contributed by atoms with Crippen LogP contribution in [-0.4, -0.2) is 23.2 Å². The summed E-state index contributed by atoms with van der Waals surface area (Å²) in [6, 6.07) is 4.17. The highest BCUT2D eigenvalue weighted by Gasteiger charge is 2.18. The van der Waals surface area contributed by atoms with Crippen molar-refractivity contribution in [3.8, 4) is 17.0 Å². The molecule has 4 N–H and O–H groups in total. The number of halogens is 1. The number of H-pyrrole nitrogens is 1. The van der Waals surface area contributed by atoms with E-state index in [4.69, 9.17) is 15.6 Å². The molecule has 0 aliphatic carbocycles. The number of carboxylic acid groups (broad SMARTS) is 1. The van der Waals surface area contributed by atoms with Gasteiger partial charge in [-0.1, -0.05) is 0 Å². The highest BCUT2D eigenvalue weighted by Crippen LogP contribution is 2.29. The number of carbonyl (C=O) groups is 1. The molecule has 0 unspecified atom stereocenters. The summed E-state index contributed by atoms with van der Waals surface area (Å²) in [4.78, 5) is 13.8. The Hall–Kier alpha value is -2.50. The third-order valence-corrected chi connectivity index (χ3v) is 2.57. The van der Waals surface area contributed by atoms with E-state index in [0.29, 0.717) is 5.56 Å². The van der Waals surface area contributed by atoms with E-state index in [1.54, 1.807) is 6.07 Å². The van der Waals surface area contributed by atoms with E-state index >= 15 is 0 Å². The molecule has 5 nitrogen and oxygen atoms in total. The highest BCUT2D eigenvalue weighted by molar-refractivity contribution is 6.00. The van der Waals surface area contributed by atoms with Crippen LogP contribution in [-0.2, 0) is 0 Å². The number of benzene rings is 1. The van der Waals surface area contributed by atoms with Crippen LogP contribution < -0.4 is 10.5 Å². The normalized spacial score (nSPS) is 10.3. The molecular formula is C12H11FN2O3. The van der Waals surface area contributed by atoms with Gasteiger partial charge in [0.2, 0.25) is 0 Å². The second-order valence-corrected chi connectivity index (χ2v) is 3.65. The van der Waals surface area contributed by atoms with Crippen LogP contribution in [0.4, 0.5) is 10.1 Å². The summed E-state index contributed by atoms with van der Waals surface area (Å²) >= 11 is 0. The van der Waals surface area contributed by atoms with Crippen LogP contribution in [0.3, 0.4) is 0 Å². The molecule has 0 spiro atoms. The Labute approximate surface area is 102 Å². The van der Waals surface area contributed by atoms with Gasteiger partial charge in [0.25, 0.3) is 0 Å². The zero-order valence-corrected chi connectivity index (χ0v) is 9.53. The van der Waals surface area contributed by atoms with Gasteiger partial charge in [0.1, 0.15) is 5.56 Å². The molecular weight excluding hydrogens is 239 g/mol. The number of nitrogen functional groups attached to an aromatic ring is 1. The number of hydrogen-bond acceptors (Lipinski definition) is 3. The van der Waals surface area contributed by atoms with Crippen molar-refractivity contribution >= 4 is 11.7 Å². The van der Waals surface area contributed by atoms with Crippen molar-refractivity contribution in [3.63, 3.8) is 0 Å². The number of anilines is 1. The maximum absolute atomic E-state index is 13.6. The second kappa shape index (κ2) is 4.40. The van der Waals surface area contributed by atoms with E-state index in [-0.39, 0.29) is 22.7 Å². The third-order valence-electron chi connectivity index (χ3n) is 2.57. The molecule has 0 bridgehead atoms. The molecule has 6 heteroatoms. The fourth-order valence-electron chi connectivity index (χ4n) is 1.72. The van der Waals surface area contributed by atoms with Gasteiger partial charge in [-0.3, -0.25) is 0 Å². The Morgan fingerprint density at radius 3 is 2.78 bits per heavy atom. The van der Waals surface area contributed by atoms with Crippen LogP contribution in [0.1, 0.15) is 10.4 Å². The molecule has 1 aromatic heterocycles. The minimum absolute atomic E-state index is 0.0698. The van der Waals surface area contributed by atoms with E-state index < -0.39 is 11.8 Å². The molecule has 1 heterocycles. The SMILES string of the molecule is COc1ccc(-c2[nH]cc(N)c2C(=O)O)cc1F. The van der Waals surface area contributed by atoms with E-state index in [1.807, 2.05) is 0 Å². The van der Waals surface area contributed by atoms with Gasteiger partial charge < -0.3 is 20.6 Å². The van der Waals surface area contributed by atoms with Crippen LogP contribution in [0, 0.1) is 5.82 Å². The average Bonchev–Trinajstić information content (AvgIpc) is 2.71. The first-order valence-corrected chi connectivity index (χ1v) is 5.08. The molecule has 94 valence electrons. The predicted molar refractivity (Wildman–Crippen MR) is 64.1 cm³/mol. The Morgan fingerprint density at radius 1 is 1.50 bits per heavy atom. The highest BCUT2D eigenvalue weighted by atomic mass is 19.1. The van der Waals surface area contributed by atoms with Crippen molar-refractivity contribution in [2.75, 3.05) is 12.8 Å². The van der Waals surface area contributed by atoms with Crippen LogP contribution in [0.5, 0.6) is 5.75 Å². The molecule has 0 aliphatic heterocycles. The predicted octanol–water partition coefficient (Wildman–Crippen LogP) is 2.11. The maximum atomic E-state index is 13.6. The minimum Gasteiger partial charge on any atom is -0.494 e. The molecule has 0 atom stereocenters. The van der Waals surface area contributed by atoms with Gasteiger partial charge in [0.15, 0.2) is 11.6 Å². The molecule has 0 fully saturated rings. The first kappa shape index (κ1) is 12.0. The standard InChI is InChI=1S/C12H11FN2O3/c1-18-9-3-2-6(4-7(9)13)11-10(12(16)17)8(14)5-15-11/h2-5,15H,14H2,1H3,(H,16,17). The van der Waals surface area contributed by atoms with Gasteiger partial charge >= 0.3 is 5.97 Å². The lowest BCUT2D eigenvalue weighted by atomic mass is 10.1. The smallest absolute Gasteiger partial charge is 0.340 e. The number of aromatic nitrogens is 1. The maximum Gasteiger partial charge on any atom is 0.340 e. The van der Waals surface area contributed by atoms with Crippen LogP contribution >= 0.6 is 0 Å². The number of methoxy groups -OCH3 is 1. The number of aromatic carboxylic acids is 1. The molecule has 0 amide bonds. The number of hydrogen-bond donors (Lipinski definition) is 3. The fraction of sp³-hybridized carbons (Fsp3) is 0.0833. The van der Waals surface area contributed by atoms with Gasteiger partial charge in [-0.05, 0) is 18.2 Å². The van der Waals surface area contributed by atoms with Gasteiger partial charge in [-0.15, -0.1) is 0 Å². The summed E-state index contributed by atoms with van der Waals surface area (Å²) in [5.74, 6) is -1.64. The molecule has 0 aliphatic rings. The molecule has 0 saturated heterocycles. The average molecular weight is 250 g/mol. The minimum atomic E-state index is -1.17. The summed E-state index contributed by atoms with van der Waals surface area (Å²) in [7, 11) is 1.35. The molecule has 2 rings (SSSR count). The van der Waals surface area contributed by atoms with Crippen LogP contribution in [0.25, 0.3) is 11.3 Å². The quantitative estimate of drug-likeness (QED) is 0.778. The monoisotopic (exact) mass is 250 g/mol. The Morgan fingerprint density at radius 2 is 2.22 bits per heavy atom. The molecule has 2 aromatic rings. The van der Waals surface area contributed by atoms with Crippen molar-refractivity contribution < 1.29 is 19.0 Å². The second-order valence-electron chi connectivity index (χ2n) is 3.65. The number of ether oxygens (including phenoxy) is 1. The van der Waals surface area contributed by atoms with Crippen LogP contribution in [0.15, 0.2) is 24.4 Å². The summed E-state index contributed by atoms with van der Waals surface area (Å²) in [6.07, 6.45) is 1.36. The third kappa shape index (κ3) is 1.88. The van der Waals surface area contributed by atoms with Crippen molar-refractivity contribution in [3.05, 3.63) is 35.8 Å². The summed E-state index contributed by atoms with van der Waals surface area (Å²) < 4.78 is 18.4. The Bertz CT molecular complexity index is 607. The molecule has 0 saturated carbocycles. The van der Waals surface area contributed by atoms with E-state index in [1.165, 1.54) is 25.4 Å². The van der Waals surface area contributed by atoms with E-state index in [0.717, 1.165) is 0 Å². The van der Waals surface area contributed by atoms with Crippen molar-refractivity contribution in [2.45, 2.75) is 0 Å². The van der Waals surface area contributed by atoms with Crippen molar-refractivity contribution in [1.82, 2.24) is 4.98 Å². The van der Waals surface area contributed by atoms with Crippen LogP contribution in [0.2, 0.25) is 0 Å². The Balaban J connectivity index is 2.56. The molecule has 1 aromatic carbocycles. The largest absolute Gasteiger partial charge is 0.494 e. The number of rotatable bonds is 3. The zero-order valence-electron chi connectivity index (χ0n) is 9.53. The fourth-order valence-corrected chi connectivity index (χ4v) is 1.72. The van der Waals surface area contributed by atoms with Gasteiger partial charge in [-0.25, -0.2) is 9.18 Å². The van der Waals surface area contributed by atoms with Gasteiger partial charge in [-0.2, -0.15) is 0 Å². The van der Waals surface area contributed by atoms with Crippen molar-refractivity contribution in [2.24, 2.45) is 0 Å². The zero-order chi connectivity index (χ0) is 13.3. The van der Waals surface area contributed by atoms with E-state index in [9.17, 15) is 9.18 Å². The summed E-state index contributed by atoms with van der Waals surface area (Å²) in [6.45, 7) is 0. The number of nitrogens with one attached hydrogen (secondary N) is 1. The first-order chi connectivity index (χ1) is 8.54. The number of aromatic amines is 1. The topological polar surface area (TPSA) is 88.3 Å². The lowest BCUT2D eigenvalue weighted by Crippen LogP contribution is -2.01. The van der Waals surface area contributed by atoms with Crippen molar-refractivity contribution in [1.29, 1.82) is 0 Å². The lowest BCUT2D eigenvalue weighted by Gasteiger charge is -2.05. The van der Waals surface area contributed by atoms with Gasteiger partial charge in [0, 0.05) is 11.8 Å². The lowest BCUT2D eigenvalue weighted by molar-refractivity contribution is 0.0699. The first-order valence-electron chi connectivity index (χ1n) is 5.08. The van der Waals surface area contributed by atoms with E-state index in [2.05, 4.69) is 4.98 Å². The Kier molecular flexibility index (Phi) is 2.93. The molecule has 18 heavy (non-hydrogen) atoms. The molecule has 0 radical (unpaired) electrons. The van der Waals surface area contributed by atoms with Gasteiger partial charge in [0.05, 0.1) is 18.5 Å².